The van der Waals surface area contributed by atoms with Crippen molar-refractivity contribution < 1.29 is 13.2 Å². The van der Waals surface area contributed by atoms with Crippen molar-refractivity contribution in [2.75, 3.05) is 34.8 Å². The number of methoxy groups -OCH3 is 1. The smallest absolute Gasteiger partial charge is 0.242 e. The maximum Gasteiger partial charge on any atom is 0.242 e. The molecule has 0 unspecified atom stereocenters. The summed E-state index contributed by atoms with van der Waals surface area (Å²) < 4.78 is 31.9. The zero-order valence-corrected chi connectivity index (χ0v) is 18.5. The third-order valence-corrected chi connectivity index (χ3v) is 6.34. The lowest BCUT2D eigenvalue weighted by atomic mass is 10.2. The van der Waals surface area contributed by atoms with Gasteiger partial charge in [0.05, 0.1) is 18.6 Å². The number of rotatable bonds is 8. The van der Waals surface area contributed by atoms with E-state index in [1.807, 2.05) is 49.2 Å². The summed E-state index contributed by atoms with van der Waals surface area (Å²) >= 11 is 0. The van der Waals surface area contributed by atoms with Gasteiger partial charge in [0.1, 0.15) is 5.75 Å². The van der Waals surface area contributed by atoms with Crippen LogP contribution in [0.15, 0.2) is 58.4 Å². The third kappa shape index (κ3) is 5.71. The van der Waals surface area contributed by atoms with Gasteiger partial charge in [-0.3, -0.25) is 0 Å². The number of benzene rings is 2. The van der Waals surface area contributed by atoms with E-state index in [2.05, 4.69) is 10.3 Å². The lowest BCUT2D eigenvalue weighted by Gasteiger charge is -2.23. The largest absolute Gasteiger partial charge is 0.496 e. The third-order valence-electron chi connectivity index (χ3n) is 4.43. The molecule has 0 atom stereocenters. The topological polar surface area (TPSA) is 74.2 Å². The Bertz CT molecular complexity index is 942. The molecule has 158 valence electrons. The van der Waals surface area contributed by atoms with Crippen LogP contribution in [0.25, 0.3) is 0 Å². The molecule has 2 aromatic rings. The number of nitrogens with one attached hydrogen (secondary N) is 1. The molecule has 0 bridgehead atoms. The lowest BCUT2D eigenvalue weighted by molar-refractivity contribution is 0.396. The minimum absolute atomic E-state index is 0.252. The maximum absolute atomic E-state index is 12.6. The van der Waals surface area contributed by atoms with Gasteiger partial charge in [-0.1, -0.05) is 36.4 Å². The number of nitrogens with zero attached hydrogens (tertiary/aromatic N) is 3. The van der Waals surface area contributed by atoms with Crippen LogP contribution in [0.1, 0.15) is 18.1 Å². The highest BCUT2D eigenvalue weighted by Gasteiger charge is 2.20. The monoisotopic (exact) mass is 418 g/mol. The number of ether oxygens (including phenoxy) is 1. The van der Waals surface area contributed by atoms with Gasteiger partial charge in [-0.25, -0.2) is 17.7 Å². The first-order valence-corrected chi connectivity index (χ1v) is 10.9. The van der Waals surface area contributed by atoms with E-state index in [1.165, 1.54) is 18.4 Å². The van der Waals surface area contributed by atoms with Gasteiger partial charge < -0.3 is 15.0 Å². The molecular formula is C21H30N4O3S. The molecule has 0 saturated carbocycles. The van der Waals surface area contributed by atoms with E-state index in [0.29, 0.717) is 24.6 Å². The zero-order valence-electron chi connectivity index (χ0n) is 17.7. The van der Waals surface area contributed by atoms with Crippen LogP contribution < -0.4 is 10.1 Å². The van der Waals surface area contributed by atoms with E-state index in [1.54, 1.807) is 25.3 Å². The molecule has 0 aliphatic rings. The van der Waals surface area contributed by atoms with Crippen LogP contribution in [0.4, 0.5) is 0 Å². The summed E-state index contributed by atoms with van der Waals surface area (Å²) in [5.74, 6) is 1.51. The predicted molar refractivity (Wildman–Crippen MR) is 117 cm³/mol. The average Bonchev–Trinajstić information content (AvgIpc) is 2.71. The fourth-order valence-corrected chi connectivity index (χ4v) is 3.98. The molecule has 2 aromatic carbocycles. The molecule has 0 amide bonds. The number of hydrogen-bond donors (Lipinski definition) is 1. The van der Waals surface area contributed by atoms with Crippen molar-refractivity contribution in [1.82, 2.24) is 14.5 Å². The molecule has 0 radical (unpaired) electrons. The van der Waals surface area contributed by atoms with Crippen molar-refractivity contribution in [3.8, 4) is 5.75 Å². The van der Waals surface area contributed by atoms with Crippen LogP contribution in [0.3, 0.4) is 0 Å². The molecule has 7 nitrogen and oxygen atoms in total. The first-order valence-electron chi connectivity index (χ1n) is 9.43. The summed E-state index contributed by atoms with van der Waals surface area (Å²) in [6.07, 6.45) is 0. The van der Waals surface area contributed by atoms with Crippen molar-refractivity contribution in [1.29, 1.82) is 0 Å². The normalized spacial score (nSPS) is 12.1. The second-order valence-corrected chi connectivity index (χ2v) is 8.85. The number of aliphatic imine (C=N–C) groups is 1. The molecule has 2 rings (SSSR count). The van der Waals surface area contributed by atoms with Gasteiger partial charge in [0, 0.05) is 39.8 Å². The summed E-state index contributed by atoms with van der Waals surface area (Å²) in [6, 6.07) is 14.8. The fraction of sp³-hybridized carbons (Fsp3) is 0.381. The number of sulfonamides is 1. The van der Waals surface area contributed by atoms with Gasteiger partial charge in [0.2, 0.25) is 10.0 Å². The van der Waals surface area contributed by atoms with Gasteiger partial charge in [-0.05, 0) is 24.6 Å². The van der Waals surface area contributed by atoms with E-state index in [0.717, 1.165) is 11.3 Å². The summed E-state index contributed by atoms with van der Waals surface area (Å²) in [5, 5.41) is 3.27. The van der Waals surface area contributed by atoms with Crippen molar-refractivity contribution in [3.63, 3.8) is 0 Å². The van der Waals surface area contributed by atoms with Crippen LogP contribution in [0, 0.1) is 0 Å². The number of para-hydroxylation sites is 1. The van der Waals surface area contributed by atoms with E-state index in [4.69, 9.17) is 4.74 Å². The quantitative estimate of drug-likeness (QED) is 0.527. The average molecular weight is 419 g/mol. The highest BCUT2D eigenvalue weighted by molar-refractivity contribution is 7.89. The Kier molecular flexibility index (Phi) is 8.04. The second kappa shape index (κ2) is 10.3. The Morgan fingerprint density at radius 3 is 2.28 bits per heavy atom. The number of guanidine groups is 1. The highest BCUT2D eigenvalue weighted by Crippen LogP contribution is 2.20. The minimum Gasteiger partial charge on any atom is -0.496 e. The Morgan fingerprint density at radius 2 is 1.66 bits per heavy atom. The van der Waals surface area contributed by atoms with Gasteiger partial charge in [-0.15, -0.1) is 0 Å². The molecule has 29 heavy (non-hydrogen) atoms. The first-order chi connectivity index (χ1) is 13.8. The van der Waals surface area contributed by atoms with Crippen molar-refractivity contribution >= 4 is 16.0 Å². The molecule has 8 heteroatoms. The minimum atomic E-state index is -3.53. The predicted octanol–water partition coefficient (Wildman–Crippen LogP) is 2.54. The Labute approximate surface area is 174 Å². The molecule has 0 spiro atoms. The van der Waals surface area contributed by atoms with Crippen LogP contribution in [-0.2, 0) is 23.1 Å². The molecular weight excluding hydrogens is 388 g/mol. The lowest BCUT2D eigenvalue weighted by Crippen LogP contribution is -2.38. The van der Waals surface area contributed by atoms with Crippen molar-refractivity contribution in [2.24, 2.45) is 4.99 Å². The SMILES string of the molecule is CCNC(=NCc1ccccc1S(=O)(=O)N(C)C)N(C)Cc1ccccc1OC. The standard InChI is InChI=1S/C21H30N4O3S/c1-6-22-21(25(4)16-18-12-7-9-13-19(18)28-5)23-15-17-11-8-10-14-20(17)29(26,27)24(2)3/h7-14H,6,15-16H2,1-5H3,(H,22,23). The molecule has 0 saturated heterocycles. The molecule has 0 aromatic heterocycles. The van der Waals surface area contributed by atoms with Gasteiger partial charge >= 0.3 is 0 Å². The summed E-state index contributed by atoms with van der Waals surface area (Å²) in [5.41, 5.74) is 1.70. The van der Waals surface area contributed by atoms with Crippen LogP contribution in [-0.4, -0.2) is 58.4 Å². The molecule has 0 heterocycles. The fourth-order valence-electron chi connectivity index (χ4n) is 2.88. The van der Waals surface area contributed by atoms with Gasteiger partial charge in [0.15, 0.2) is 5.96 Å². The summed E-state index contributed by atoms with van der Waals surface area (Å²) in [6.45, 7) is 3.55. The van der Waals surface area contributed by atoms with E-state index in [9.17, 15) is 8.42 Å². The molecule has 0 aliphatic heterocycles. The molecule has 1 N–H and O–H groups in total. The Morgan fingerprint density at radius 1 is 1.03 bits per heavy atom. The Hall–Kier alpha value is -2.58. The highest BCUT2D eigenvalue weighted by atomic mass is 32.2. The van der Waals surface area contributed by atoms with Crippen molar-refractivity contribution in [3.05, 3.63) is 59.7 Å². The first kappa shape index (κ1) is 22.7. The van der Waals surface area contributed by atoms with E-state index < -0.39 is 10.0 Å². The van der Waals surface area contributed by atoms with E-state index >= 15 is 0 Å². The molecule has 0 aliphatic carbocycles. The van der Waals surface area contributed by atoms with E-state index in [-0.39, 0.29) is 11.4 Å². The van der Waals surface area contributed by atoms with Gasteiger partial charge in [0.25, 0.3) is 0 Å². The van der Waals surface area contributed by atoms with Gasteiger partial charge in [-0.2, -0.15) is 0 Å². The second-order valence-electron chi connectivity index (χ2n) is 6.73. The number of hydrogen-bond acceptors (Lipinski definition) is 4. The zero-order chi connectivity index (χ0) is 21.4. The maximum atomic E-state index is 12.6. The van der Waals surface area contributed by atoms with Crippen LogP contribution >= 0.6 is 0 Å². The van der Waals surface area contributed by atoms with Crippen molar-refractivity contribution in [2.45, 2.75) is 24.9 Å². The Balaban J connectivity index is 2.28. The van der Waals surface area contributed by atoms with Crippen LogP contribution in [0.2, 0.25) is 0 Å². The summed E-state index contributed by atoms with van der Waals surface area (Å²) in [4.78, 5) is 6.94. The summed E-state index contributed by atoms with van der Waals surface area (Å²) in [7, 11) is 3.12. The van der Waals surface area contributed by atoms with Crippen LogP contribution in [0.5, 0.6) is 5.75 Å². The molecule has 0 fully saturated rings.